The molecule has 5 nitrogen and oxygen atoms in total. The molecule has 2 aromatic carbocycles. The first-order valence-corrected chi connectivity index (χ1v) is 9.54. The fourth-order valence-corrected chi connectivity index (χ4v) is 3.26. The second-order valence-corrected chi connectivity index (χ2v) is 7.13. The normalized spacial score (nSPS) is 14.2. The molecular weight excluding hydrogens is 394 g/mol. The number of hydrogen-bond acceptors (Lipinski definition) is 3. The number of benzene rings is 2. The maximum absolute atomic E-state index is 12.4. The third-order valence-corrected chi connectivity index (χ3v) is 5.01. The monoisotopic (exact) mass is 415 g/mol. The molecule has 0 atom stereocenters. The van der Waals surface area contributed by atoms with Gasteiger partial charge >= 0.3 is 0 Å². The van der Waals surface area contributed by atoms with Crippen LogP contribution in [0.5, 0.6) is 0 Å². The van der Waals surface area contributed by atoms with Gasteiger partial charge in [0.25, 0.3) is 5.91 Å². The van der Waals surface area contributed by atoms with Crippen molar-refractivity contribution >= 4 is 33.4 Å². The molecule has 1 aliphatic rings. The van der Waals surface area contributed by atoms with Crippen LogP contribution in [-0.4, -0.2) is 49.4 Å². The van der Waals surface area contributed by atoms with Crippen LogP contribution in [0, 0.1) is 0 Å². The maximum Gasteiger partial charge on any atom is 0.251 e. The van der Waals surface area contributed by atoms with E-state index in [1.165, 1.54) is 5.69 Å². The van der Waals surface area contributed by atoms with Gasteiger partial charge in [0.1, 0.15) is 0 Å². The van der Waals surface area contributed by atoms with Gasteiger partial charge in [-0.2, -0.15) is 0 Å². The van der Waals surface area contributed by atoms with Gasteiger partial charge in [-0.1, -0.05) is 34.1 Å². The minimum atomic E-state index is -0.154. The number of rotatable bonds is 5. The molecule has 1 heterocycles. The van der Waals surface area contributed by atoms with Crippen molar-refractivity contribution in [2.45, 2.75) is 6.42 Å². The predicted octanol–water partition coefficient (Wildman–Crippen LogP) is 2.92. The number of hydrogen-bond donors (Lipinski definition) is 1. The van der Waals surface area contributed by atoms with E-state index in [2.05, 4.69) is 38.3 Å². The fourth-order valence-electron chi connectivity index (χ4n) is 3.00. The number of nitrogens with one attached hydrogen (secondary N) is 1. The standard InChI is InChI=1S/C20H22BrN3O2/c21-17-8-6-16(7-9-17)20(26)22-11-10-19(25)24-14-12-23(13-15-24)18-4-2-1-3-5-18/h1-9H,10-15H2,(H,22,26). The summed E-state index contributed by atoms with van der Waals surface area (Å²) in [6.07, 6.45) is 0.327. The molecule has 0 saturated carbocycles. The van der Waals surface area contributed by atoms with Crippen molar-refractivity contribution in [3.05, 3.63) is 64.6 Å². The molecule has 3 rings (SSSR count). The molecule has 0 unspecified atom stereocenters. The minimum absolute atomic E-state index is 0.0915. The van der Waals surface area contributed by atoms with Crippen LogP contribution in [0.1, 0.15) is 16.8 Å². The van der Waals surface area contributed by atoms with Crippen LogP contribution in [0.2, 0.25) is 0 Å². The van der Waals surface area contributed by atoms with Gasteiger partial charge in [-0.15, -0.1) is 0 Å². The number of carbonyl (C=O) groups is 2. The predicted molar refractivity (Wildman–Crippen MR) is 106 cm³/mol. The van der Waals surface area contributed by atoms with Crippen LogP contribution in [0.15, 0.2) is 59.1 Å². The molecule has 26 heavy (non-hydrogen) atoms. The molecule has 0 aromatic heterocycles. The second-order valence-electron chi connectivity index (χ2n) is 6.22. The highest BCUT2D eigenvalue weighted by Gasteiger charge is 2.21. The van der Waals surface area contributed by atoms with Gasteiger partial charge in [-0.3, -0.25) is 9.59 Å². The quantitative estimate of drug-likeness (QED) is 0.816. The van der Waals surface area contributed by atoms with E-state index in [-0.39, 0.29) is 11.8 Å². The number of nitrogens with zero attached hydrogens (tertiary/aromatic N) is 2. The highest BCUT2D eigenvalue weighted by molar-refractivity contribution is 9.10. The smallest absolute Gasteiger partial charge is 0.251 e. The highest BCUT2D eigenvalue weighted by Crippen LogP contribution is 2.16. The molecule has 0 bridgehead atoms. The fraction of sp³-hybridized carbons (Fsp3) is 0.300. The van der Waals surface area contributed by atoms with Gasteiger partial charge in [0, 0.05) is 54.9 Å². The minimum Gasteiger partial charge on any atom is -0.368 e. The molecule has 6 heteroatoms. The van der Waals surface area contributed by atoms with E-state index in [0.29, 0.717) is 31.6 Å². The van der Waals surface area contributed by atoms with Crippen molar-refractivity contribution in [1.82, 2.24) is 10.2 Å². The van der Waals surface area contributed by atoms with Gasteiger partial charge in [0.05, 0.1) is 0 Å². The summed E-state index contributed by atoms with van der Waals surface area (Å²) < 4.78 is 0.930. The van der Waals surface area contributed by atoms with Gasteiger partial charge in [0.2, 0.25) is 5.91 Å². The molecule has 1 aliphatic heterocycles. The first-order valence-electron chi connectivity index (χ1n) is 8.75. The Bertz CT molecular complexity index is 741. The molecular formula is C20H22BrN3O2. The number of amides is 2. The highest BCUT2D eigenvalue weighted by atomic mass is 79.9. The Hall–Kier alpha value is -2.34. The van der Waals surface area contributed by atoms with Crippen molar-refractivity contribution in [3.8, 4) is 0 Å². The van der Waals surface area contributed by atoms with Gasteiger partial charge in [0.15, 0.2) is 0 Å². The molecule has 1 fully saturated rings. The number of anilines is 1. The number of carbonyl (C=O) groups excluding carboxylic acids is 2. The van der Waals surface area contributed by atoms with Crippen molar-refractivity contribution in [1.29, 1.82) is 0 Å². The van der Waals surface area contributed by atoms with Crippen molar-refractivity contribution in [2.24, 2.45) is 0 Å². The van der Waals surface area contributed by atoms with Crippen molar-refractivity contribution < 1.29 is 9.59 Å². The summed E-state index contributed by atoms with van der Waals surface area (Å²) in [5.74, 6) is -0.0620. The van der Waals surface area contributed by atoms with Gasteiger partial charge < -0.3 is 15.1 Å². The molecule has 1 saturated heterocycles. The van der Waals surface area contributed by atoms with E-state index in [9.17, 15) is 9.59 Å². The third kappa shape index (κ3) is 4.85. The van der Waals surface area contributed by atoms with Gasteiger partial charge in [-0.05, 0) is 36.4 Å². The SMILES string of the molecule is O=C(NCCC(=O)N1CCN(c2ccccc2)CC1)c1ccc(Br)cc1. The summed E-state index contributed by atoms with van der Waals surface area (Å²) >= 11 is 3.34. The van der Waals surface area contributed by atoms with E-state index in [0.717, 1.165) is 17.6 Å². The lowest BCUT2D eigenvalue weighted by Gasteiger charge is -2.36. The zero-order valence-corrected chi connectivity index (χ0v) is 16.1. The molecule has 0 spiro atoms. The molecule has 0 radical (unpaired) electrons. The van der Waals surface area contributed by atoms with E-state index in [1.54, 1.807) is 12.1 Å². The number of para-hydroxylation sites is 1. The van der Waals surface area contributed by atoms with Crippen LogP contribution in [0.25, 0.3) is 0 Å². The van der Waals surface area contributed by atoms with Crippen LogP contribution in [0.4, 0.5) is 5.69 Å². The second kappa shape index (κ2) is 8.85. The van der Waals surface area contributed by atoms with Crippen LogP contribution in [-0.2, 0) is 4.79 Å². The lowest BCUT2D eigenvalue weighted by Crippen LogP contribution is -2.49. The zero-order chi connectivity index (χ0) is 18.4. The van der Waals surface area contributed by atoms with Crippen LogP contribution >= 0.6 is 15.9 Å². The van der Waals surface area contributed by atoms with E-state index in [4.69, 9.17) is 0 Å². The molecule has 1 N–H and O–H groups in total. The van der Waals surface area contributed by atoms with E-state index < -0.39 is 0 Å². The number of piperazine rings is 1. The average molecular weight is 416 g/mol. The molecule has 136 valence electrons. The Kier molecular flexibility index (Phi) is 6.28. The lowest BCUT2D eigenvalue weighted by atomic mass is 10.2. The Morgan fingerprint density at radius 2 is 1.58 bits per heavy atom. The Morgan fingerprint density at radius 3 is 2.23 bits per heavy atom. The summed E-state index contributed by atoms with van der Waals surface area (Å²) in [5.41, 5.74) is 1.79. The average Bonchev–Trinajstić information content (AvgIpc) is 2.69. The molecule has 2 amide bonds. The summed E-state index contributed by atoms with van der Waals surface area (Å²) in [5, 5.41) is 2.81. The summed E-state index contributed by atoms with van der Waals surface area (Å²) in [4.78, 5) is 28.6. The molecule has 0 aliphatic carbocycles. The van der Waals surface area contributed by atoms with Crippen LogP contribution in [0.3, 0.4) is 0 Å². The molecule has 2 aromatic rings. The first-order chi connectivity index (χ1) is 12.6. The topological polar surface area (TPSA) is 52.7 Å². The number of halogens is 1. The Labute approximate surface area is 162 Å². The summed E-state index contributed by atoms with van der Waals surface area (Å²) in [6, 6.07) is 17.4. The van der Waals surface area contributed by atoms with Gasteiger partial charge in [-0.25, -0.2) is 0 Å². The first kappa shape index (κ1) is 18.5. The summed E-state index contributed by atoms with van der Waals surface area (Å²) in [7, 11) is 0. The van der Waals surface area contributed by atoms with Crippen molar-refractivity contribution in [3.63, 3.8) is 0 Å². The lowest BCUT2D eigenvalue weighted by molar-refractivity contribution is -0.131. The van der Waals surface area contributed by atoms with E-state index >= 15 is 0 Å². The van der Waals surface area contributed by atoms with Crippen molar-refractivity contribution in [2.75, 3.05) is 37.6 Å². The summed E-state index contributed by atoms with van der Waals surface area (Å²) in [6.45, 7) is 3.46. The largest absolute Gasteiger partial charge is 0.368 e. The Balaban J connectivity index is 1.40. The third-order valence-electron chi connectivity index (χ3n) is 4.48. The van der Waals surface area contributed by atoms with E-state index in [1.807, 2.05) is 35.2 Å². The zero-order valence-electron chi connectivity index (χ0n) is 14.5. The van der Waals surface area contributed by atoms with Crippen LogP contribution < -0.4 is 10.2 Å². The Morgan fingerprint density at radius 1 is 0.923 bits per heavy atom. The maximum atomic E-state index is 12.4.